The van der Waals surface area contributed by atoms with Crippen LogP contribution < -0.4 is 5.32 Å². The molecule has 0 unspecified atom stereocenters. The van der Waals surface area contributed by atoms with Crippen molar-refractivity contribution in [2.24, 2.45) is 0 Å². The average Bonchev–Trinajstić information content (AvgIpc) is 2.08. The van der Waals surface area contributed by atoms with E-state index in [1.165, 1.54) is 0 Å². The molecule has 0 atom stereocenters. The van der Waals surface area contributed by atoms with Crippen LogP contribution in [0.3, 0.4) is 0 Å². The van der Waals surface area contributed by atoms with Gasteiger partial charge < -0.3 is 4.74 Å². The van der Waals surface area contributed by atoms with Crippen LogP contribution in [0, 0.1) is 10.5 Å². The molecular weight excluding hydrogens is 317 g/mol. The Morgan fingerprint density at radius 3 is 2.56 bits per heavy atom. The van der Waals surface area contributed by atoms with Gasteiger partial charge in [0.05, 0.1) is 0 Å². The lowest BCUT2D eigenvalue weighted by atomic mass is 10.2. The number of benzene rings is 1. The summed E-state index contributed by atoms with van der Waals surface area (Å²) in [6.45, 7) is 7.47. The van der Waals surface area contributed by atoms with Crippen molar-refractivity contribution >= 4 is 34.4 Å². The van der Waals surface area contributed by atoms with Gasteiger partial charge in [-0.3, -0.25) is 5.32 Å². The molecule has 0 spiro atoms. The zero-order chi connectivity index (χ0) is 12.3. The van der Waals surface area contributed by atoms with Crippen molar-refractivity contribution in [3.05, 3.63) is 27.3 Å². The number of carbonyl (C=O) groups excluding carboxylic acids is 1. The Morgan fingerprint density at radius 1 is 1.38 bits per heavy atom. The Labute approximate surface area is 110 Å². The number of amides is 1. The van der Waals surface area contributed by atoms with Crippen LogP contribution in [-0.2, 0) is 4.74 Å². The third-order valence-corrected chi connectivity index (χ3v) is 2.51. The molecule has 0 heterocycles. The normalized spacial score (nSPS) is 11.1. The Bertz CT molecular complexity index is 396. The summed E-state index contributed by atoms with van der Waals surface area (Å²) in [6.07, 6.45) is -0.419. The molecule has 0 aliphatic carbocycles. The van der Waals surface area contributed by atoms with E-state index in [0.29, 0.717) is 0 Å². The molecule has 0 aromatic heterocycles. The minimum Gasteiger partial charge on any atom is -0.444 e. The summed E-state index contributed by atoms with van der Waals surface area (Å²) in [4.78, 5) is 11.6. The zero-order valence-corrected chi connectivity index (χ0v) is 12.1. The van der Waals surface area contributed by atoms with Gasteiger partial charge in [-0.1, -0.05) is 6.07 Å². The third kappa shape index (κ3) is 4.38. The highest BCUT2D eigenvalue weighted by Crippen LogP contribution is 2.19. The highest BCUT2D eigenvalue weighted by atomic mass is 127. The van der Waals surface area contributed by atoms with E-state index >= 15 is 0 Å². The molecule has 0 aliphatic rings. The number of hydrogen-bond donors (Lipinski definition) is 1. The van der Waals surface area contributed by atoms with Gasteiger partial charge in [-0.15, -0.1) is 0 Å². The number of rotatable bonds is 1. The van der Waals surface area contributed by atoms with Gasteiger partial charge in [-0.25, -0.2) is 4.79 Å². The molecule has 16 heavy (non-hydrogen) atoms. The summed E-state index contributed by atoms with van der Waals surface area (Å²) >= 11 is 2.20. The van der Waals surface area contributed by atoms with Crippen molar-refractivity contribution in [2.75, 3.05) is 5.32 Å². The molecule has 1 amide bonds. The molecule has 0 radical (unpaired) electrons. The maximum atomic E-state index is 11.6. The lowest BCUT2D eigenvalue weighted by Gasteiger charge is -2.20. The number of nitrogens with one attached hydrogen (secondary N) is 1. The monoisotopic (exact) mass is 333 g/mol. The van der Waals surface area contributed by atoms with E-state index in [2.05, 4.69) is 27.9 Å². The minimum absolute atomic E-state index is 0.419. The minimum atomic E-state index is -0.472. The van der Waals surface area contributed by atoms with E-state index in [0.717, 1.165) is 14.8 Å². The standard InChI is InChI=1S/C12H16INO2/c1-8-5-6-9(13)7-10(8)14-11(15)16-12(2,3)4/h5-7H,1-4H3,(H,14,15). The maximum absolute atomic E-state index is 11.6. The van der Waals surface area contributed by atoms with Crippen LogP contribution in [0.25, 0.3) is 0 Å². The smallest absolute Gasteiger partial charge is 0.412 e. The summed E-state index contributed by atoms with van der Waals surface area (Å²) in [7, 11) is 0. The molecule has 0 bridgehead atoms. The van der Waals surface area contributed by atoms with Crippen LogP contribution in [0.1, 0.15) is 26.3 Å². The molecule has 3 nitrogen and oxygen atoms in total. The van der Waals surface area contributed by atoms with E-state index in [-0.39, 0.29) is 0 Å². The number of hydrogen-bond acceptors (Lipinski definition) is 2. The lowest BCUT2D eigenvalue weighted by molar-refractivity contribution is 0.0636. The number of ether oxygens (including phenoxy) is 1. The van der Waals surface area contributed by atoms with E-state index in [9.17, 15) is 4.79 Å². The molecule has 88 valence electrons. The Kier molecular flexibility index (Phi) is 4.18. The van der Waals surface area contributed by atoms with Gasteiger partial charge in [0.15, 0.2) is 0 Å². The number of aryl methyl sites for hydroxylation is 1. The van der Waals surface area contributed by atoms with Crippen LogP contribution in [-0.4, -0.2) is 11.7 Å². The quantitative estimate of drug-likeness (QED) is 0.791. The van der Waals surface area contributed by atoms with Gasteiger partial charge >= 0.3 is 6.09 Å². The summed E-state index contributed by atoms with van der Waals surface area (Å²) in [5, 5.41) is 2.74. The summed E-state index contributed by atoms with van der Waals surface area (Å²) in [6, 6.07) is 5.88. The largest absolute Gasteiger partial charge is 0.444 e. The molecule has 4 heteroatoms. The molecule has 1 N–H and O–H groups in total. The Hall–Kier alpha value is -0.780. The van der Waals surface area contributed by atoms with Gasteiger partial charge in [0.1, 0.15) is 5.60 Å². The molecule has 1 aromatic rings. The van der Waals surface area contributed by atoms with Crippen molar-refractivity contribution in [3.63, 3.8) is 0 Å². The first-order valence-corrected chi connectivity index (χ1v) is 6.12. The zero-order valence-electron chi connectivity index (χ0n) is 9.93. The number of anilines is 1. The van der Waals surface area contributed by atoms with Crippen molar-refractivity contribution in [1.29, 1.82) is 0 Å². The molecule has 0 saturated carbocycles. The van der Waals surface area contributed by atoms with E-state index < -0.39 is 11.7 Å². The summed E-state index contributed by atoms with van der Waals surface area (Å²) in [5.74, 6) is 0. The number of halogens is 1. The number of carbonyl (C=O) groups is 1. The molecule has 1 aromatic carbocycles. The Morgan fingerprint density at radius 2 is 2.00 bits per heavy atom. The fourth-order valence-electron chi connectivity index (χ4n) is 1.14. The van der Waals surface area contributed by atoms with Gasteiger partial charge in [0.25, 0.3) is 0 Å². The van der Waals surface area contributed by atoms with Crippen LogP contribution in [0.5, 0.6) is 0 Å². The molecule has 0 fully saturated rings. The molecular formula is C12H16INO2. The molecule has 0 aliphatic heterocycles. The SMILES string of the molecule is Cc1ccc(I)cc1NC(=O)OC(C)(C)C. The maximum Gasteiger partial charge on any atom is 0.412 e. The first-order chi connectivity index (χ1) is 7.28. The third-order valence-electron chi connectivity index (χ3n) is 1.84. The second-order valence-electron chi connectivity index (χ2n) is 4.59. The second kappa shape index (κ2) is 5.03. The lowest BCUT2D eigenvalue weighted by Crippen LogP contribution is -2.27. The van der Waals surface area contributed by atoms with Crippen molar-refractivity contribution in [1.82, 2.24) is 0 Å². The Balaban J connectivity index is 2.73. The predicted molar refractivity (Wildman–Crippen MR) is 73.8 cm³/mol. The van der Waals surface area contributed by atoms with Gasteiger partial charge in [-0.05, 0) is 68.0 Å². The van der Waals surface area contributed by atoms with E-state index in [1.807, 2.05) is 45.9 Å². The van der Waals surface area contributed by atoms with E-state index in [1.54, 1.807) is 0 Å². The first-order valence-electron chi connectivity index (χ1n) is 5.04. The fraction of sp³-hybridized carbons (Fsp3) is 0.417. The highest BCUT2D eigenvalue weighted by molar-refractivity contribution is 14.1. The second-order valence-corrected chi connectivity index (χ2v) is 5.83. The molecule has 1 rings (SSSR count). The topological polar surface area (TPSA) is 38.3 Å². The fourth-order valence-corrected chi connectivity index (χ4v) is 1.63. The van der Waals surface area contributed by atoms with Crippen molar-refractivity contribution in [3.8, 4) is 0 Å². The van der Waals surface area contributed by atoms with Crippen LogP contribution in [0.2, 0.25) is 0 Å². The van der Waals surface area contributed by atoms with Crippen LogP contribution in [0.15, 0.2) is 18.2 Å². The van der Waals surface area contributed by atoms with Crippen molar-refractivity contribution < 1.29 is 9.53 Å². The van der Waals surface area contributed by atoms with E-state index in [4.69, 9.17) is 4.74 Å². The van der Waals surface area contributed by atoms with Crippen molar-refractivity contribution in [2.45, 2.75) is 33.3 Å². The van der Waals surface area contributed by atoms with Gasteiger partial charge in [-0.2, -0.15) is 0 Å². The predicted octanol–water partition coefficient (Wildman–Crippen LogP) is 3.95. The van der Waals surface area contributed by atoms with Gasteiger partial charge in [0, 0.05) is 9.26 Å². The van der Waals surface area contributed by atoms with Gasteiger partial charge in [0.2, 0.25) is 0 Å². The summed E-state index contributed by atoms with van der Waals surface area (Å²) in [5.41, 5.74) is 1.34. The molecule has 0 saturated heterocycles. The first kappa shape index (κ1) is 13.3. The summed E-state index contributed by atoms with van der Waals surface area (Å²) < 4.78 is 6.26. The highest BCUT2D eigenvalue weighted by Gasteiger charge is 2.16. The average molecular weight is 333 g/mol. The van der Waals surface area contributed by atoms with Crippen LogP contribution >= 0.6 is 22.6 Å². The van der Waals surface area contributed by atoms with Crippen LogP contribution in [0.4, 0.5) is 10.5 Å².